The molecule has 0 aromatic carbocycles. The second kappa shape index (κ2) is 4.68. The maximum absolute atomic E-state index is 3.88. The Kier molecular flexibility index (Phi) is 3.63. The average molecular weight is 223 g/mol. The minimum atomic E-state index is 0.587. The van der Waals surface area contributed by atoms with Gasteiger partial charge in [0.05, 0.1) is 0 Å². The van der Waals surface area contributed by atoms with Crippen molar-refractivity contribution in [1.82, 2.24) is 5.32 Å². The van der Waals surface area contributed by atoms with E-state index < -0.39 is 0 Å². The highest BCUT2D eigenvalue weighted by molar-refractivity contribution is 5.02. The highest BCUT2D eigenvalue weighted by atomic mass is 15.0. The lowest BCUT2D eigenvalue weighted by Gasteiger charge is -2.19. The van der Waals surface area contributed by atoms with Gasteiger partial charge < -0.3 is 5.32 Å². The summed E-state index contributed by atoms with van der Waals surface area (Å²) in [5.74, 6) is 1.87. The molecule has 1 nitrogen and oxygen atoms in total. The van der Waals surface area contributed by atoms with Crippen LogP contribution in [0.25, 0.3) is 0 Å². The minimum absolute atomic E-state index is 0.587. The van der Waals surface area contributed by atoms with E-state index in [1.807, 2.05) is 0 Å². The van der Waals surface area contributed by atoms with Crippen LogP contribution in [0.5, 0.6) is 0 Å². The maximum atomic E-state index is 3.88. The van der Waals surface area contributed by atoms with Gasteiger partial charge in [0.2, 0.25) is 0 Å². The fraction of sp³-hybridized carbons (Fsp3) is 1.00. The third-order valence-corrected chi connectivity index (χ3v) is 4.91. The number of hydrogen-bond donors (Lipinski definition) is 1. The van der Waals surface area contributed by atoms with Gasteiger partial charge in [-0.25, -0.2) is 0 Å². The molecule has 1 heteroatoms. The van der Waals surface area contributed by atoms with E-state index in [9.17, 15) is 0 Å². The first kappa shape index (κ1) is 12.4. The summed E-state index contributed by atoms with van der Waals surface area (Å²) < 4.78 is 0. The second-order valence-corrected chi connectivity index (χ2v) is 7.12. The predicted molar refractivity (Wildman–Crippen MR) is 70.5 cm³/mol. The second-order valence-electron chi connectivity index (χ2n) is 7.12. The van der Waals surface area contributed by atoms with Crippen molar-refractivity contribution in [3.05, 3.63) is 0 Å². The third-order valence-electron chi connectivity index (χ3n) is 4.91. The first-order chi connectivity index (χ1) is 7.49. The van der Waals surface area contributed by atoms with Crippen LogP contribution in [0.1, 0.15) is 66.2 Å². The topological polar surface area (TPSA) is 12.0 Å². The van der Waals surface area contributed by atoms with Crippen molar-refractivity contribution in [3.63, 3.8) is 0 Å². The molecule has 0 saturated heterocycles. The van der Waals surface area contributed by atoms with Gasteiger partial charge in [-0.3, -0.25) is 0 Å². The zero-order valence-electron chi connectivity index (χ0n) is 11.6. The fourth-order valence-electron chi connectivity index (χ4n) is 3.20. The maximum Gasteiger partial charge on any atom is 0.0127 e. The molecular weight excluding hydrogens is 194 g/mol. The summed E-state index contributed by atoms with van der Waals surface area (Å²) in [5.41, 5.74) is 0.587. The van der Waals surface area contributed by atoms with Crippen LogP contribution in [0, 0.1) is 17.3 Å². The molecule has 1 N–H and O–H groups in total. The van der Waals surface area contributed by atoms with E-state index in [2.05, 4.69) is 33.0 Å². The Hall–Kier alpha value is -0.0400. The Morgan fingerprint density at radius 2 is 1.75 bits per heavy atom. The lowest BCUT2D eigenvalue weighted by Crippen LogP contribution is -2.32. The van der Waals surface area contributed by atoms with Crippen LogP contribution in [0.3, 0.4) is 0 Å². The van der Waals surface area contributed by atoms with E-state index in [0.29, 0.717) is 5.41 Å². The van der Waals surface area contributed by atoms with Crippen molar-refractivity contribution in [2.45, 2.75) is 78.3 Å². The van der Waals surface area contributed by atoms with Gasteiger partial charge in [-0.05, 0) is 42.9 Å². The van der Waals surface area contributed by atoms with E-state index in [1.165, 1.54) is 38.5 Å². The molecule has 0 radical (unpaired) electrons. The molecule has 2 rings (SSSR count). The molecule has 0 bridgehead atoms. The molecule has 2 saturated carbocycles. The minimum Gasteiger partial charge on any atom is -0.311 e. The molecule has 94 valence electrons. The van der Waals surface area contributed by atoms with Gasteiger partial charge in [-0.1, -0.05) is 40.5 Å². The van der Waals surface area contributed by atoms with Gasteiger partial charge >= 0.3 is 0 Å². The summed E-state index contributed by atoms with van der Waals surface area (Å²) in [6.45, 7) is 9.56. The molecule has 2 aliphatic carbocycles. The van der Waals surface area contributed by atoms with E-state index >= 15 is 0 Å². The molecule has 16 heavy (non-hydrogen) atoms. The molecule has 0 aromatic rings. The monoisotopic (exact) mass is 223 g/mol. The van der Waals surface area contributed by atoms with Crippen LogP contribution in [0.2, 0.25) is 0 Å². The third kappa shape index (κ3) is 3.00. The van der Waals surface area contributed by atoms with Gasteiger partial charge in [0.25, 0.3) is 0 Å². The summed E-state index contributed by atoms with van der Waals surface area (Å²) in [4.78, 5) is 0. The standard InChI is InChI=1S/C15H29N/c1-11(2)12-6-5-7-13(9-8-12)16-14-10-15(14,3)4/h11-14,16H,5-10H2,1-4H3. The highest BCUT2D eigenvalue weighted by Crippen LogP contribution is 2.45. The van der Waals surface area contributed by atoms with Gasteiger partial charge in [-0.2, -0.15) is 0 Å². The molecular formula is C15H29N. The van der Waals surface area contributed by atoms with Gasteiger partial charge in [0.1, 0.15) is 0 Å². The summed E-state index contributed by atoms with van der Waals surface area (Å²) in [6.07, 6.45) is 8.56. The van der Waals surface area contributed by atoms with Crippen LogP contribution in [0.15, 0.2) is 0 Å². The predicted octanol–water partition coefficient (Wildman–Crippen LogP) is 3.98. The first-order valence-corrected chi connectivity index (χ1v) is 7.25. The molecule has 3 atom stereocenters. The Bertz CT molecular complexity index is 232. The number of hydrogen-bond acceptors (Lipinski definition) is 1. The average Bonchev–Trinajstić information content (AvgIpc) is 2.84. The van der Waals surface area contributed by atoms with Gasteiger partial charge in [-0.15, -0.1) is 0 Å². The largest absolute Gasteiger partial charge is 0.311 e. The molecule has 0 aliphatic heterocycles. The van der Waals surface area contributed by atoms with Crippen LogP contribution >= 0.6 is 0 Å². The van der Waals surface area contributed by atoms with Crippen molar-refractivity contribution in [2.24, 2.45) is 17.3 Å². The first-order valence-electron chi connectivity index (χ1n) is 7.25. The smallest absolute Gasteiger partial charge is 0.0127 e. The number of rotatable bonds is 3. The fourth-order valence-corrected chi connectivity index (χ4v) is 3.20. The summed E-state index contributed by atoms with van der Waals surface area (Å²) in [5, 5.41) is 3.88. The van der Waals surface area contributed by atoms with Crippen LogP contribution in [-0.2, 0) is 0 Å². The normalized spacial score (nSPS) is 38.4. The van der Waals surface area contributed by atoms with Crippen molar-refractivity contribution >= 4 is 0 Å². The Labute approximate surface area is 101 Å². The molecule has 0 amide bonds. The van der Waals surface area contributed by atoms with E-state index in [1.54, 1.807) is 0 Å². The molecule has 0 spiro atoms. The van der Waals surface area contributed by atoms with Gasteiger partial charge in [0.15, 0.2) is 0 Å². The SMILES string of the molecule is CC(C)C1CCCC(NC2CC2(C)C)CC1. The Morgan fingerprint density at radius 3 is 2.31 bits per heavy atom. The zero-order valence-corrected chi connectivity index (χ0v) is 11.6. The lowest BCUT2D eigenvalue weighted by molar-refractivity contribution is 0.336. The molecule has 0 heterocycles. The van der Waals surface area contributed by atoms with Crippen molar-refractivity contribution in [1.29, 1.82) is 0 Å². The molecule has 2 fully saturated rings. The Balaban J connectivity index is 1.76. The van der Waals surface area contributed by atoms with Crippen molar-refractivity contribution < 1.29 is 0 Å². The van der Waals surface area contributed by atoms with E-state index in [0.717, 1.165) is 23.9 Å². The van der Waals surface area contributed by atoms with Gasteiger partial charge in [0, 0.05) is 12.1 Å². The van der Waals surface area contributed by atoms with E-state index in [4.69, 9.17) is 0 Å². The van der Waals surface area contributed by atoms with Crippen LogP contribution < -0.4 is 5.32 Å². The van der Waals surface area contributed by atoms with Crippen molar-refractivity contribution in [2.75, 3.05) is 0 Å². The molecule has 3 unspecified atom stereocenters. The summed E-state index contributed by atoms with van der Waals surface area (Å²) in [7, 11) is 0. The quantitative estimate of drug-likeness (QED) is 0.714. The summed E-state index contributed by atoms with van der Waals surface area (Å²) >= 11 is 0. The summed E-state index contributed by atoms with van der Waals surface area (Å²) in [6, 6.07) is 1.63. The Morgan fingerprint density at radius 1 is 1.06 bits per heavy atom. The van der Waals surface area contributed by atoms with Crippen LogP contribution in [-0.4, -0.2) is 12.1 Å². The zero-order chi connectivity index (χ0) is 11.8. The van der Waals surface area contributed by atoms with Crippen LogP contribution in [0.4, 0.5) is 0 Å². The lowest BCUT2D eigenvalue weighted by atomic mass is 9.89. The van der Waals surface area contributed by atoms with E-state index in [-0.39, 0.29) is 0 Å². The molecule has 0 aromatic heterocycles. The van der Waals surface area contributed by atoms with Crippen molar-refractivity contribution in [3.8, 4) is 0 Å². The highest BCUT2D eigenvalue weighted by Gasteiger charge is 2.46. The molecule has 2 aliphatic rings. The number of nitrogens with one attached hydrogen (secondary N) is 1.